The molecule has 6 nitrogen and oxygen atoms in total. The minimum atomic E-state index is 0.188. The van der Waals surface area contributed by atoms with Crippen LogP contribution >= 0.6 is 0 Å². The highest BCUT2D eigenvalue weighted by Crippen LogP contribution is 2.43. The minimum absolute atomic E-state index is 0.188. The number of nitrogens with zero attached hydrogens (tertiary/aromatic N) is 3. The van der Waals surface area contributed by atoms with Gasteiger partial charge in [0.15, 0.2) is 6.19 Å². The van der Waals surface area contributed by atoms with Crippen LogP contribution in [0.2, 0.25) is 0 Å². The van der Waals surface area contributed by atoms with Crippen LogP contribution in [0.5, 0.6) is 0 Å². The topological polar surface area (TPSA) is 91.2 Å². The van der Waals surface area contributed by atoms with Gasteiger partial charge in [-0.05, 0) is 69.5 Å². The molecule has 1 aromatic heterocycles. The Labute approximate surface area is 185 Å². The number of para-hydroxylation sites is 1. The van der Waals surface area contributed by atoms with Crippen molar-refractivity contribution in [2.75, 3.05) is 13.1 Å². The van der Waals surface area contributed by atoms with Crippen LogP contribution in [-0.2, 0) is 6.54 Å². The number of aromatic nitrogens is 1. The summed E-state index contributed by atoms with van der Waals surface area (Å²) < 4.78 is 2.68. The Kier molecular flexibility index (Phi) is 6.82. The Morgan fingerprint density at radius 2 is 1.90 bits per heavy atom. The van der Waals surface area contributed by atoms with Gasteiger partial charge in [0, 0.05) is 34.1 Å². The largest absolute Gasteiger partial charge is 0.369 e. The molecule has 1 aliphatic heterocycles. The van der Waals surface area contributed by atoms with Gasteiger partial charge in [-0.15, -0.1) is 0 Å². The molecule has 1 aromatic carbocycles. The molecule has 1 aliphatic carbocycles. The number of nitriles is 1. The van der Waals surface area contributed by atoms with E-state index in [4.69, 9.17) is 11.0 Å². The van der Waals surface area contributed by atoms with Gasteiger partial charge < -0.3 is 15.6 Å². The number of hydrogen-bond acceptors (Lipinski definition) is 3. The summed E-state index contributed by atoms with van der Waals surface area (Å²) in [6, 6.07) is 9.34. The number of nitrogens with two attached hydrogens (primary N) is 1. The Morgan fingerprint density at radius 3 is 2.58 bits per heavy atom. The number of fused-ring (bicyclic) bond motifs is 1. The predicted octanol–water partition coefficient (Wildman–Crippen LogP) is 4.38. The summed E-state index contributed by atoms with van der Waals surface area (Å²) in [5.41, 5.74) is 9.98. The van der Waals surface area contributed by atoms with Gasteiger partial charge in [0.1, 0.15) is 0 Å². The second-order valence-electron chi connectivity index (χ2n) is 9.53. The molecule has 2 fully saturated rings. The monoisotopic (exact) mass is 420 g/mol. The maximum Gasteiger partial charge on any atom is 0.202 e. The lowest BCUT2D eigenvalue weighted by molar-refractivity contribution is 0.224. The number of piperidine rings is 1. The summed E-state index contributed by atoms with van der Waals surface area (Å²) in [6.45, 7) is 7.37. The molecule has 4 N–H and O–H groups in total. The van der Waals surface area contributed by atoms with Crippen LogP contribution < -0.4 is 16.4 Å². The van der Waals surface area contributed by atoms with Gasteiger partial charge >= 0.3 is 0 Å². The molecular formula is C25H36N6. The molecule has 0 spiro atoms. The van der Waals surface area contributed by atoms with Crippen molar-refractivity contribution in [1.82, 2.24) is 15.2 Å². The van der Waals surface area contributed by atoms with E-state index in [1.807, 2.05) is 6.19 Å². The van der Waals surface area contributed by atoms with Crippen LogP contribution in [0.25, 0.3) is 10.9 Å². The summed E-state index contributed by atoms with van der Waals surface area (Å²) in [7, 11) is 0. The number of rotatable bonds is 5. The Morgan fingerprint density at radius 1 is 1.19 bits per heavy atom. The van der Waals surface area contributed by atoms with E-state index in [0.29, 0.717) is 18.5 Å². The van der Waals surface area contributed by atoms with Crippen molar-refractivity contribution < 1.29 is 0 Å². The Balaban J connectivity index is 1.78. The predicted molar refractivity (Wildman–Crippen MR) is 127 cm³/mol. The molecule has 0 amide bonds. The molecule has 0 bridgehead atoms. The number of benzene rings is 1. The molecule has 0 unspecified atom stereocenters. The van der Waals surface area contributed by atoms with Gasteiger partial charge in [0.2, 0.25) is 5.96 Å². The summed E-state index contributed by atoms with van der Waals surface area (Å²) in [6.07, 6.45) is 9.30. The average molecular weight is 421 g/mol. The smallest absolute Gasteiger partial charge is 0.202 e. The van der Waals surface area contributed by atoms with E-state index in [9.17, 15) is 0 Å². The van der Waals surface area contributed by atoms with Crippen LogP contribution in [-0.4, -0.2) is 23.6 Å². The SMILES string of the molecule is CC(C)C1CCC(n2c(C3CCNCC3)c(CN=C(N)NC#N)c3ccccc32)CC1. The van der Waals surface area contributed by atoms with Crippen LogP contribution in [0.3, 0.4) is 0 Å². The first-order valence-electron chi connectivity index (χ1n) is 11.9. The maximum absolute atomic E-state index is 8.87. The van der Waals surface area contributed by atoms with E-state index in [1.54, 1.807) is 0 Å². The van der Waals surface area contributed by atoms with E-state index in [2.05, 4.69) is 58.3 Å². The van der Waals surface area contributed by atoms with Crippen molar-refractivity contribution in [1.29, 1.82) is 5.26 Å². The highest BCUT2D eigenvalue weighted by atomic mass is 15.1. The Bertz CT molecular complexity index is 952. The minimum Gasteiger partial charge on any atom is -0.369 e. The van der Waals surface area contributed by atoms with Gasteiger partial charge in [0.05, 0.1) is 6.54 Å². The third kappa shape index (κ3) is 4.57. The lowest BCUT2D eigenvalue weighted by Gasteiger charge is -2.35. The average Bonchev–Trinajstić information content (AvgIpc) is 3.13. The summed E-state index contributed by atoms with van der Waals surface area (Å²) in [5.74, 6) is 2.34. The first-order valence-corrected chi connectivity index (χ1v) is 11.9. The van der Waals surface area contributed by atoms with E-state index < -0.39 is 0 Å². The molecule has 2 aromatic rings. The maximum atomic E-state index is 8.87. The van der Waals surface area contributed by atoms with E-state index in [0.717, 1.165) is 37.8 Å². The van der Waals surface area contributed by atoms with Crippen LogP contribution in [0.4, 0.5) is 0 Å². The molecule has 31 heavy (non-hydrogen) atoms. The van der Waals surface area contributed by atoms with Crippen molar-refractivity contribution in [2.45, 2.75) is 70.9 Å². The zero-order valence-corrected chi connectivity index (χ0v) is 18.9. The molecule has 2 aliphatic rings. The fourth-order valence-electron chi connectivity index (χ4n) is 5.74. The molecule has 2 heterocycles. The second kappa shape index (κ2) is 9.74. The van der Waals surface area contributed by atoms with E-state index >= 15 is 0 Å². The van der Waals surface area contributed by atoms with Crippen LogP contribution in [0, 0.1) is 23.3 Å². The molecule has 6 heteroatoms. The lowest BCUT2D eigenvalue weighted by atomic mass is 9.79. The second-order valence-corrected chi connectivity index (χ2v) is 9.53. The number of hydrogen-bond donors (Lipinski definition) is 3. The molecule has 1 saturated carbocycles. The Hall–Kier alpha value is -2.52. The van der Waals surface area contributed by atoms with Gasteiger partial charge in [-0.2, -0.15) is 5.26 Å². The number of aliphatic imine (C=N–C) groups is 1. The molecule has 166 valence electrons. The van der Waals surface area contributed by atoms with Crippen molar-refractivity contribution in [3.05, 3.63) is 35.5 Å². The van der Waals surface area contributed by atoms with Crippen molar-refractivity contribution in [2.24, 2.45) is 22.6 Å². The molecule has 1 saturated heterocycles. The quantitative estimate of drug-likeness (QED) is 0.290. The zero-order chi connectivity index (χ0) is 21.8. The third-order valence-corrected chi connectivity index (χ3v) is 7.42. The van der Waals surface area contributed by atoms with E-state index in [-0.39, 0.29) is 5.96 Å². The molecule has 0 atom stereocenters. The number of guanidine groups is 1. The fourth-order valence-corrected chi connectivity index (χ4v) is 5.74. The van der Waals surface area contributed by atoms with Gasteiger partial charge in [-0.1, -0.05) is 32.0 Å². The van der Waals surface area contributed by atoms with Gasteiger partial charge in [0.25, 0.3) is 0 Å². The zero-order valence-electron chi connectivity index (χ0n) is 18.9. The van der Waals surface area contributed by atoms with Crippen molar-refractivity contribution in [3.63, 3.8) is 0 Å². The normalized spacial score (nSPS) is 23.2. The van der Waals surface area contributed by atoms with E-state index in [1.165, 1.54) is 47.8 Å². The van der Waals surface area contributed by atoms with Crippen molar-refractivity contribution in [3.8, 4) is 6.19 Å². The summed E-state index contributed by atoms with van der Waals surface area (Å²) in [4.78, 5) is 4.52. The van der Waals surface area contributed by atoms with Crippen LogP contribution in [0.1, 0.15) is 75.6 Å². The van der Waals surface area contributed by atoms with Gasteiger partial charge in [-0.25, -0.2) is 4.99 Å². The molecule has 0 radical (unpaired) electrons. The lowest BCUT2D eigenvalue weighted by Crippen LogP contribution is -2.30. The first-order chi connectivity index (χ1) is 15.1. The highest BCUT2D eigenvalue weighted by molar-refractivity contribution is 5.87. The highest BCUT2D eigenvalue weighted by Gasteiger charge is 2.31. The summed E-state index contributed by atoms with van der Waals surface area (Å²) in [5, 5.41) is 16.1. The fraction of sp³-hybridized carbons (Fsp3) is 0.600. The number of nitrogens with one attached hydrogen (secondary N) is 2. The molecular weight excluding hydrogens is 384 g/mol. The molecule has 4 rings (SSSR count). The third-order valence-electron chi connectivity index (χ3n) is 7.42. The first kappa shape index (κ1) is 21.7. The van der Waals surface area contributed by atoms with Crippen LogP contribution in [0.15, 0.2) is 29.3 Å². The van der Waals surface area contributed by atoms with Crippen molar-refractivity contribution >= 4 is 16.9 Å². The summed E-state index contributed by atoms with van der Waals surface area (Å²) >= 11 is 0. The van der Waals surface area contributed by atoms with Gasteiger partial charge in [-0.3, -0.25) is 5.32 Å². The standard InChI is InChI=1S/C25H36N6/c1-17(2)18-7-9-20(10-8-18)31-23-6-4-3-5-21(23)22(15-29-25(27)30-16-26)24(31)19-11-13-28-14-12-19/h3-6,17-20,28H,7-15H2,1-2H3,(H3,27,29,30).